The van der Waals surface area contributed by atoms with Gasteiger partial charge in [-0.3, -0.25) is 9.10 Å². The van der Waals surface area contributed by atoms with E-state index in [-0.39, 0.29) is 16.8 Å². The zero-order valence-corrected chi connectivity index (χ0v) is 16.4. The number of para-hydroxylation sites is 1. The first-order chi connectivity index (χ1) is 12.8. The van der Waals surface area contributed by atoms with Crippen molar-refractivity contribution in [3.8, 4) is 0 Å². The molecular formula is C20H25N3O3S. The number of sulfonamides is 1. The molecule has 1 aliphatic rings. The number of carbonyl (C=O) groups excluding carboxylic acids is 1. The van der Waals surface area contributed by atoms with Crippen molar-refractivity contribution in [3.05, 3.63) is 60.2 Å². The lowest BCUT2D eigenvalue weighted by Crippen LogP contribution is -2.34. The Bertz CT molecular complexity index is 915. The van der Waals surface area contributed by atoms with Gasteiger partial charge in [-0.2, -0.15) is 0 Å². The molecule has 144 valence electrons. The summed E-state index contributed by atoms with van der Waals surface area (Å²) in [5.41, 5.74) is 6.68. The minimum atomic E-state index is -3.76. The number of nitrogens with zero attached hydrogens (tertiary/aromatic N) is 2. The van der Waals surface area contributed by atoms with Gasteiger partial charge in [-0.25, -0.2) is 8.42 Å². The maximum atomic E-state index is 13.0. The third-order valence-corrected chi connectivity index (χ3v) is 6.90. The molecule has 2 aromatic rings. The Hall–Kier alpha value is -2.38. The van der Waals surface area contributed by atoms with Crippen LogP contribution in [0.2, 0.25) is 0 Å². The third kappa shape index (κ3) is 3.84. The minimum Gasteiger partial charge on any atom is -0.336 e. The minimum absolute atomic E-state index is 0.0957. The standard InChI is InChI=1S/C20H25N3O3S/c1-15-11-16(13-21)14-23(15)20(24)17-7-6-10-19(12-17)27(25,26)22(2)18-8-4-3-5-9-18/h3-10,12,15-16H,11,13-14,21H2,1-2H3. The highest BCUT2D eigenvalue weighted by atomic mass is 32.2. The second-order valence-electron chi connectivity index (χ2n) is 6.98. The lowest BCUT2D eigenvalue weighted by molar-refractivity contribution is 0.0743. The van der Waals surface area contributed by atoms with E-state index in [9.17, 15) is 13.2 Å². The van der Waals surface area contributed by atoms with Gasteiger partial charge in [-0.15, -0.1) is 0 Å². The lowest BCUT2D eigenvalue weighted by atomic mass is 10.1. The van der Waals surface area contributed by atoms with Crippen LogP contribution in [0.4, 0.5) is 5.69 Å². The van der Waals surface area contributed by atoms with E-state index in [1.165, 1.54) is 23.5 Å². The summed E-state index contributed by atoms with van der Waals surface area (Å²) in [5.74, 6) is 0.137. The van der Waals surface area contributed by atoms with Crippen LogP contribution in [0.1, 0.15) is 23.7 Å². The number of hydrogen-bond donors (Lipinski definition) is 1. The Labute approximate surface area is 160 Å². The molecule has 1 heterocycles. The van der Waals surface area contributed by atoms with Crippen LogP contribution in [0, 0.1) is 5.92 Å². The highest BCUT2D eigenvalue weighted by molar-refractivity contribution is 7.92. The van der Waals surface area contributed by atoms with Crippen molar-refractivity contribution < 1.29 is 13.2 Å². The number of rotatable bonds is 5. The molecule has 2 N–H and O–H groups in total. The van der Waals surface area contributed by atoms with Gasteiger partial charge < -0.3 is 10.6 Å². The van der Waals surface area contributed by atoms with E-state index in [2.05, 4.69) is 0 Å². The highest BCUT2D eigenvalue weighted by Gasteiger charge is 2.32. The first kappa shape index (κ1) is 19.4. The van der Waals surface area contributed by atoms with Gasteiger partial charge >= 0.3 is 0 Å². The summed E-state index contributed by atoms with van der Waals surface area (Å²) < 4.78 is 27.2. The van der Waals surface area contributed by atoms with Crippen LogP contribution in [0.5, 0.6) is 0 Å². The number of carbonyl (C=O) groups is 1. The van der Waals surface area contributed by atoms with Gasteiger partial charge in [-0.05, 0) is 56.1 Å². The Morgan fingerprint density at radius 3 is 2.52 bits per heavy atom. The molecule has 1 aliphatic heterocycles. The molecule has 0 saturated carbocycles. The molecule has 1 saturated heterocycles. The van der Waals surface area contributed by atoms with Gasteiger partial charge in [0.2, 0.25) is 0 Å². The zero-order chi connectivity index (χ0) is 19.6. The third-order valence-electron chi connectivity index (χ3n) is 5.11. The summed E-state index contributed by atoms with van der Waals surface area (Å²) in [6.07, 6.45) is 0.872. The fraction of sp³-hybridized carbons (Fsp3) is 0.350. The molecule has 6 nitrogen and oxygen atoms in total. The molecule has 3 rings (SSSR count). The van der Waals surface area contributed by atoms with Crippen molar-refractivity contribution in [1.29, 1.82) is 0 Å². The fourth-order valence-corrected chi connectivity index (χ4v) is 4.73. The normalized spacial score (nSPS) is 19.9. The number of hydrogen-bond acceptors (Lipinski definition) is 4. The summed E-state index contributed by atoms with van der Waals surface area (Å²) >= 11 is 0. The molecular weight excluding hydrogens is 362 g/mol. The van der Waals surface area contributed by atoms with E-state index in [0.29, 0.717) is 30.3 Å². The summed E-state index contributed by atoms with van der Waals surface area (Å²) in [7, 11) is -2.25. The number of benzene rings is 2. The first-order valence-electron chi connectivity index (χ1n) is 8.99. The van der Waals surface area contributed by atoms with E-state index in [0.717, 1.165) is 6.42 Å². The van der Waals surface area contributed by atoms with Crippen LogP contribution in [-0.4, -0.2) is 45.4 Å². The SMILES string of the molecule is CC1CC(CN)CN1C(=O)c1cccc(S(=O)(=O)N(C)c2ccccc2)c1. The maximum absolute atomic E-state index is 13.0. The van der Waals surface area contributed by atoms with Gasteiger partial charge in [0.1, 0.15) is 0 Å². The summed E-state index contributed by atoms with van der Waals surface area (Å²) in [5, 5.41) is 0. The molecule has 1 fully saturated rings. The van der Waals surface area contributed by atoms with Gasteiger partial charge in [0.05, 0.1) is 10.6 Å². The Kier molecular flexibility index (Phi) is 5.53. The van der Waals surface area contributed by atoms with E-state index >= 15 is 0 Å². The van der Waals surface area contributed by atoms with E-state index in [4.69, 9.17) is 5.73 Å². The van der Waals surface area contributed by atoms with Crippen LogP contribution in [0.3, 0.4) is 0 Å². The molecule has 0 bridgehead atoms. The van der Waals surface area contributed by atoms with Gasteiger partial charge in [-0.1, -0.05) is 24.3 Å². The smallest absolute Gasteiger partial charge is 0.264 e. The topological polar surface area (TPSA) is 83.7 Å². The van der Waals surface area contributed by atoms with Crippen molar-refractivity contribution in [2.75, 3.05) is 24.4 Å². The quantitative estimate of drug-likeness (QED) is 0.853. The highest BCUT2D eigenvalue weighted by Crippen LogP contribution is 2.26. The van der Waals surface area contributed by atoms with Crippen LogP contribution < -0.4 is 10.0 Å². The predicted octanol–water partition coefficient (Wildman–Crippen LogP) is 2.32. The summed E-state index contributed by atoms with van der Waals surface area (Å²) in [6, 6.07) is 15.2. The monoisotopic (exact) mass is 387 g/mol. The number of nitrogens with two attached hydrogens (primary N) is 1. The molecule has 2 aromatic carbocycles. The fourth-order valence-electron chi connectivity index (χ4n) is 3.49. The molecule has 7 heteroatoms. The number of anilines is 1. The maximum Gasteiger partial charge on any atom is 0.264 e. The predicted molar refractivity (Wildman–Crippen MR) is 106 cm³/mol. The Morgan fingerprint density at radius 1 is 1.19 bits per heavy atom. The van der Waals surface area contributed by atoms with Gasteiger partial charge in [0.25, 0.3) is 15.9 Å². The lowest BCUT2D eigenvalue weighted by Gasteiger charge is -2.23. The second kappa shape index (κ2) is 7.70. The Morgan fingerprint density at radius 2 is 1.89 bits per heavy atom. The van der Waals surface area contributed by atoms with Crippen LogP contribution in [0.25, 0.3) is 0 Å². The second-order valence-corrected chi connectivity index (χ2v) is 8.95. The van der Waals surface area contributed by atoms with Crippen LogP contribution in [-0.2, 0) is 10.0 Å². The van der Waals surface area contributed by atoms with Crippen molar-refractivity contribution in [2.24, 2.45) is 11.7 Å². The number of amides is 1. The van der Waals surface area contributed by atoms with Crippen LogP contribution >= 0.6 is 0 Å². The molecule has 0 aromatic heterocycles. The summed E-state index contributed by atoms with van der Waals surface area (Å²) in [4.78, 5) is 14.8. The molecule has 0 aliphatic carbocycles. The van der Waals surface area contributed by atoms with Crippen molar-refractivity contribution in [1.82, 2.24) is 4.90 Å². The average Bonchev–Trinajstić information content (AvgIpc) is 3.08. The van der Waals surface area contributed by atoms with Gasteiger partial charge in [0.15, 0.2) is 0 Å². The van der Waals surface area contributed by atoms with Gasteiger partial charge in [0, 0.05) is 25.2 Å². The van der Waals surface area contributed by atoms with Crippen LogP contribution in [0.15, 0.2) is 59.5 Å². The van der Waals surface area contributed by atoms with E-state index in [1.807, 2.05) is 13.0 Å². The molecule has 2 unspecified atom stereocenters. The average molecular weight is 388 g/mol. The van der Waals surface area contributed by atoms with Crippen molar-refractivity contribution in [2.45, 2.75) is 24.3 Å². The molecule has 2 atom stereocenters. The molecule has 27 heavy (non-hydrogen) atoms. The van der Waals surface area contributed by atoms with Crippen molar-refractivity contribution in [3.63, 3.8) is 0 Å². The molecule has 0 spiro atoms. The summed E-state index contributed by atoms with van der Waals surface area (Å²) in [6.45, 7) is 3.15. The first-order valence-corrected chi connectivity index (χ1v) is 10.4. The zero-order valence-electron chi connectivity index (χ0n) is 15.6. The Balaban J connectivity index is 1.88. The number of likely N-dealkylation sites (tertiary alicyclic amines) is 1. The molecule has 0 radical (unpaired) electrons. The largest absolute Gasteiger partial charge is 0.336 e. The molecule has 1 amide bonds. The van der Waals surface area contributed by atoms with Crippen molar-refractivity contribution >= 4 is 21.6 Å². The van der Waals surface area contributed by atoms with E-state index in [1.54, 1.807) is 41.3 Å². The van der Waals surface area contributed by atoms with E-state index < -0.39 is 10.0 Å².